The Labute approximate surface area is 209 Å². The van der Waals surface area contributed by atoms with Crippen molar-refractivity contribution in [1.82, 2.24) is 10.6 Å². The highest BCUT2D eigenvalue weighted by Crippen LogP contribution is 2.05. The summed E-state index contributed by atoms with van der Waals surface area (Å²) in [6.45, 7) is 4.42. The summed E-state index contributed by atoms with van der Waals surface area (Å²) in [4.78, 5) is 20.6. The third-order valence-electron chi connectivity index (χ3n) is 4.39. The second kappa shape index (κ2) is 21.5. The number of primary amides is 2. The first-order chi connectivity index (χ1) is 16.5. The minimum Gasteiger partial charge on any atom is -0.394 e. The summed E-state index contributed by atoms with van der Waals surface area (Å²) < 4.78 is 0. The number of rotatable bonds is 15. The van der Waals surface area contributed by atoms with Gasteiger partial charge in [0.15, 0.2) is 12.2 Å². The van der Waals surface area contributed by atoms with Gasteiger partial charge in [0.25, 0.3) is 0 Å². The van der Waals surface area contributed by atoms with E-state index in [4.69, 9.17) is 56.8 Å². The molecular formula is C19H45N5O12. The van der Waals surface area contributed by atoms with E-state index in [1.54, 1.807) is 0 Å². The third-order valence-corrected chi connectivity index (χ3v) is 4.39. The zero-order valence-corrected chi connectivity index (χ0v) is 20.6. The predicted octanol–water partition coefficient (Wildman–Crippen LogP) is -8.65. The number of aliphatic hydroxyl groups excluding tert-OH is 10. The Morgan fingerprint density at radius 3 is 1.25 bits per heavy atom. The van der Waals surface area contributed by atoms with Crippen LogP contribution in [0.15, 0.2) is 0 Å². The van der Waals surface area contributed by atoms with Crippen LogP contribution in [0.2, 0.25) is 0 Å². The molecule has 0 aromatic carbocycles. The van der Waals surface area contributed by atoms with Crippen molar-refractivity contribution in [3.8, 4) is 0 Å². The van der Waals surface area contributed by atoms with E-state index in [1.807, 2.05) is 14.0 Å². The van der Waals surface area contributed by atoms with Gasteiger partial charge in [-0.3, -0.25) is 9.59 Å². The van der Waals surface area contributed by atoms with E-state index in [0.29, 0.717) is 6.04 Å². The van der Waals surface area contributed by atoms with Crippen LogP contribution in [0.5, 0.6) is 0 Å². The molecule has 0 spiro atoms. The van der Waals surface area contributed by atoms with Crippen molar-refractivity contribution in [3.05, 3.63) is 0 Å². The highest BCUT2D eigenvalue weighted by atomic mass is 16.4. The standard InChI is InChI=1S/C7H19N3.2C6H13NO6/c1-6(8)4-10-7(2)5-9-3;2*7-6(13)5(12)4(11)3(10)2(9)1-8/h6-7,9-10H,4-5,8H2,1-3H3;2*2-5,8-12H,1H2,(H2,7,13)/t;2*2-,3-,4+,5-/m.11/s1. The lowest BCUT2D eigenvalue weighted by Crippen LogP contribution is -2.50. The summed E-state index contributed by atoms with van der Waals surface area (Å²) in [6.07, 6.45) is -14.7. The second-order valence-corrected chi connectivity index (χ2v) is 8.00. The van der Waals surface area contributed by atoms with Gasteiger partial charge in [-0.05, 0) is 20.9 Å². The van der Waals surface area contributed by atoms with E-state index in [2.05, 4.69) is 29.0 Å². The Morgan fingerprint density at radius 2 is 1.03 bits per heavy atom. The number of hydrogen-bond acceptors (Lipinski definition) is 15. The Morgan fingerprint density at radius 1 is 0.694 bits per heavy atom. The Hall–Kier alpha value is -1.58. The zero-order chi connectivity index (χ0) is 29.2. The average Bonchev–Trinajstić information content (AvgIpc) is 2.84. The molecule has 0 heterocycles. The molecule has 0 aliphatic rings. The van der Waals surface area contributed by atoms with Crippen molar-refractivity contribution >= 4 is 11.8 Å². The minimum absolute atomic E-state index is 0.249. The quantitative estimate of drug-likeness (QED) is 0.0925. The SMILES string of the molecule is CNCC(C)NCC(C)N.NC(=O)[C@H](O)[C@@H](O)[C@H](O)[C@H](O)CO.NC(=O)[C@H](O)[C@@H](O)[C@H](O)[C@H](O)CO. The zero-order valence-electron chi connectivity index (χ0n) is 20.6. The molecule has 2 unspecified atom stereocenters. The fourth-order valence-corrected chi connectivity index (χ4v) is 2.15. The summed E-state index contributed by atoms with van der Waals surface area (Å²) in [6, 6.07) is 0.760. The molecule has 0 radical (unpaired) electrons. The molecule has 17 heteroatoms. The molecule has 0 fully saturated rings. The first kappa shape index (κ1) is 38.9. The van der Waals surface area contributed by atoms with Crippen LogP contribution < -0.4 is 27.8 Å². The maximum Gasteiger partial charge on any atom is 0.249 e. The van der Waals surface area contributed by atoms with Gasteiger partial charge in [-0.1, -0.05) is 0 Å². The van der Waals surface area contributed by atoms with E-state index < -0.39 is 73.9 Å². The van der Waals surface area contributed by atoms with E-state index in [0.717, 1.165) is 13.1 Å². The van der Waals surface area contributed by atoms with Gasteiger partial charge in [-0.25, -0.2) is 0 Å². The van der Waals surface area contributed by atoms with E-state index in [-0.39, 0.29) is 6.04 Å². The van der Waals surface area contributed by atoms with Crippen LogP contribution in [0.4, 0.5) is 0 Å². The molecule has 0 rings (SSSR count). The summed E-state index contributed by atoms with van der Waals surface area (Å²) in [5, 5.41) is 94.3. The summed E-state index contributed by atoms with van der Waals surface area (Å²) in [5.74, 6) is -2.45. The lowest BCUT2D eigenvalue weighted by Gasteiger charge is -2.23. The highest BCUT2D eigenvalue weighted by molar-refractivity contribution is 5.79. The first-order valence-corrected chi connectivity index (χ1v) is 10.9. The fraction of sp³-hybridized carbons (Fsp3) is 0.895. The van der Waals surface area contributed by atoms with Crippen molar-refractivity contribution in [1.29, 1.82) is 0 Å². The molecule has 0 saturated carbocycles. The molecule has 0 bridgehead atoms. The second-order valence-electron chi connectivity index (χ2n) is 8.00. The molecule has 17 nitrogen and oxygen atoms in total. The number of likely N-dealkylation sites (N-methyl/N-ethyl adjacent to an activating group) is 1. The number of amides is 2. The lowest BCUT2D eigenvalue weighted by atomic mass is 10.0. The normalized spacial score (nSPS) is 19.4. The Balaban J connectivity index is -0.000000459. The van der Waals surface area contributed by atoms with Crippen LogP contribution in [0, 0.1) is 0 Å². The van der Waals surface area contributed by atoms with Gasteiger partial charge in [0.1, 0.15) is 36.6 Å². The molecule has 0 saturated heterocycles. The van der Waals surface area contributed by atoms with Crippen LogP contribution in [-0.4, -0.2) is 157 Å². The van der Waals surface area contributed by atoms with Gasteiger partial charge in [0.2, 0.25) is 11.8 Å². The molecule has 18 N–H and O–H groups in total. The number of carbonyl (C=O) groups excluding carboxylic acids is 2. The van der Waals surface area contributed by atoms with E-state index >= 15 is 0 Å². The van der Waals surface area contributed by atoms with E-state index in [9.17, 15) is 9.59 Å². The van der Waals surface area contributed by atoms with Gasteiger partial charge >= 0.3 is 0 Å². The van der Waals surface area contributed by atoms with Crippen molar-refractivity contribution in [2.75, 3.05) is 33.4 Å². The summed E-state index contributed by atoms with van der Waals surface area (Å²) in [7, 11) is 1.95. The minimum atomic E-state index is -1.98. The van der Waals surface area contributed by atoms with Crippen LogP contribution in [0.25, 0.3) is 0 Å². The molecule has 0 aromatic rings. The maximum absolute atomic E-state index is 10.3. The Bertz CT molecular complexity index is 539. The number of hydrogen-bond donors (Lipinski definition) is 15. The molecular weight excluding hydrogens is 490 g/mol. The Kier molecular flexibility index (Phi) is 23.3. The lowest BCUT2D eigenvalue weighted by molar-refractivity contribution is -0.146. The van der Waals surface area contributed by atoms with Gasteiger partial charge in [0.05, 0.1) is 13.2 Å². The number of nitrogens with two attached hydrogens (primary N) is 3. The fourth-order valence-electron chi connectivity index (χ4n) is 2.15. The summed E-state index contributed by atoms with van der Waals surface area (Å²) in [5.41, 5.74) is 14.8. The largest absolute Gasteiger partial charge is 0.394 e. The first-order valence-electron chi connectivity index (χ1n) is 10.9. The molecule has 0 aromatic heterocycles. The maximum atomic E-state index is 10.3. The van der Waals surface area contributed by atoms with Crippen LogP contribution in [0.1, 0.15) is 13.8 Å². The predicted molar refractivity (Wildman–Crippen MR) is 126 cm³/mol. The van der Waals surface area contributed by atoms with E-state index in [1.165, 1.54) is 0 Å². The van der Waals surface area contributed by atoms with Crippen molar-refractivity contribution < 1.29 is 60.7 Å². The van der Waals surface area contributed by atoms with Crippen molar-refractivity contribution in [2.45, 2.75) is 74.8 Å². The highest BCUT2D eigenvalue weighted by Gasteiger charge is 2.33. The van der Waals surface area contributed by atoms with Gasteiger partial charge in [-0.2, -0.15) is 0 Å². The van der Waals surface area contributed by atoms with Crippen molar-refractivity contribution in [3.63, 3.8) is 0 Å². The molecule has 2 amide bonds. The summed E-state index contributed by atoms with van der Waals surface area (Å²) >= 11 is 0. The van der Waals surface area contributed by atoms with Crippen molar-refractivity contribution in [2.24, 2.45) is 17.2 Å². The van der Waals surface area contributed by atoms with Gasteiger partial charge in [-0.15, -0.1) is 0 Å². The third kappa shape index (κ3) is 17.8. The molecule has 218 valence electrons. The van der Waals surface area contributed by atoms with Crippen LogP contribution >= 0.6 is 0 Å². The molecule has 0 aliphatic heterocycles. The number of nitrogens with one attached hydrogen (secondary N) is 2. The van der Waals surface area contributed by atoms with Crippen LogP contribution in [-0.2, 0) is 9.59 Å². The van der Waals surface area contributed by atoms with Crippen LogP contribution in [0.3, 0.4) is 0 Å². The number of aliphatic hydroxyl groups is 10. The number of carbonyl (C=O) groups is 2. The van der Waals surface area contributed by atoms with Gasteiger partial charge in [0, 0.05) is 25.2 Å². The molecule has 0 aliphatic carbocycles. The topological polar surface area (TPSA) is 339 Å². The average molecular weight is 536 g/mol. The molecule has 36 heavy (non-hydrogen) atoms. The van der Waals surface area contributed by atoms with Gasteiger partial charge < -0.3 is 78.9 Å². The smallest absolute Gasteiger partial charge is 0.249 e. The monoisotopic (exact) mass is 535 g/mol. The molecule has 10 atom stereocenters.